The SMILES string of the molecule is O=C(NNC(=O)c1cccc(Cl)c1)c1ccc(OCc2ccccc2)cc1. The van der Waals surface area contributed by atoms with Crippen LogP contribution in [0.5, 0.6) is 5.75 Å². The summed E-state index contributed by atoms with van der Waals surface area (Å²) in [7, 11) is 0. The van der Waals surface area contributed by atoms with Gasteiger partial charge in [0.05, 0.1) is 0 Å². The Bertz CT molecular complexity index is 928. The van der Waals surface area contributed by atoms with E-state index in [1.54, 1.807) is 42.5 Å². The van der Waals surface area contributed by atoms with Crippen molar-refractivity contribution in [1.29, 1.82) is 0 Å². The predicted octanol–water partition coefficient (Wildman–Crippen LogP) is 3.99. The average Bonchev–Trinajstić information content (AvgIpc) is 2.71. The van der Waals surface area contributed by atoms with Crippen molar-refractivity contribution in [2.24, 2.45) is 0 Å². The van der Waals surface area contributed by atoms with E-state index in [0.717, 1.165) is 5.56 Å². The molecule has 0 unspecified atom stereocenters. The summed E-state index contributed by atoms with van der Waals surface area (Å²) in [6.07, 6.45) is 0. The average molecular weight is 381 g/mol. The van der Waals surface area contributed by atoms with Crippen LogP contribution in [0.4, 0.5) is 0 Å². The second-order valence-electron chi connectivity index (χ2n) is 5.72. The van der Waals surface area contributed by atoms with Crippen molar-refractivity contribution >= 4 is 23.4 Å². The summed E-state index contributed by atoms with van der Waals surface area (Å²) in [6.45, 7) is 0.447. The van der Waals surface area contributed by atoms with Gasteiger partial charge in [0.15, 0.2) is 0 Å². The molecular formula is C21H17ClN2O3. The molecular weight excluding hydrogens is 364 g/mol. The lowest BCUT2D eigenvalue weighted by Gasteiger charge is -2.09. The highest BCUT2D eigenvalue weighted by molar-refractivity contribution is 6.30. The van der Waals surface area contributed by atoms with Crippen LogP contribution in [-0.2, 0) is 6.61 Å². The Labute approximate surface area is 161 Å². The Balaban J connectivity index is 1.52. The number of nitrogens with one attached hydrogen (secondary N) is 2. The van der Waals surface area contributed by atoms with Gasteiger partial charge in [-0.3, -0.25) is 20.4 Å². The van der Waals surface area contributed by atoms with Crippen molar-refractivity contribution < 1.29 is 14.3 Å². The normalized spacial score (nSPS) is 10.1. The van der Waals surface area contributed by atoms with E-state index in [-0.39, 0.29) is 0 Å². The smallest absolute Gasteiger partial charge is 0.269 e. The number of hydrogen-bond acceptors (Lipinski definition) is 3. The summed E-state index contributed by atoms with van der Waals surface area (Å²) in [5.74, 6) is -0.230. The molecule has 2 N–H and O–H groups in total. The van der Waals surface area contributed by atoms with Gasteiger partial charge in [-0.2, -0.15) is 0 Å². The molecule has 0 spiro atoms. The number of halogens is 1. The van der Waals surface area contributed by atoms with Crippen molar-refractivity contribution in [1.82, 2.24) is 10.9 Å². The van der Waals surface area contributed by atoms with Gasteiger partial charge in [0.2, 0.25) is 0 Å². The van der Waals surface area contributed by atoms with Crippen molar-refractivity contribution in [3.8, 4) is 5.75 Å². The number of rotatable bonds is 5. The third kappa shape index (κ3) is 5.33. The number of carbonyl (C=O) groups is 2. The minimum Gasteiger partial charge on any atom is -0.489 e. The topological polar surface area (TPSA) is 67.4 Å². The third-order valence-electron chi connectivity index (χ3n) is 3.74. The van der Waals surface area contributed by atoms with Crippen LogP contribution in [-0.4, -0.2) is 11.8 Å². The zero-order valence-electron chi connectivity index (χ0n) is 14.3. The quantitative estimate of drug-likeness (QED) is 0.657. The van der Waals surface area contributed by atoms with Crippen LogP contribution >= 0.6 is 11.6 Å². The van der Waals surface area contributed by atoms with Gasteiger partial charge in [0.25, 0.3) is 11.8 Å². The number of amides is 2. The summed E-state index contributed by atoms with van der Waals surface area (Å²) in [5.41, 5.74) is 6.54. The molecule has 136 valence electrons. The van der Waals surface area contributed by atoms with Gasteiger partial charge in [0.1, 0.15) is 12.4 Å². The van der Waals surface area contributed by atoms with E-state index < -0.39 is 11.8 Å². The van der Waals surface area contributed by atoms with Crippen LogP contribution in [0.25, 0.3) is 0 Å². The fourth-order valence-corrected chi connectivity index (χ4v) is 2.52. The van der Waals surface area contributed by atoms with E-state index in [1.807, 2.05) is 30.3 Å². The first-order valence-corrected chi connectivity index (χ1v) is 8.62. The molecule has 2 amide bonds. The van der Waals surface area contributed by atoms with E-state index in [1.165, 1.54) is 6.07 Å². The predicted molar refractivity (Wildman–Crippen MR) is 104 cm³/mol. The Hall–Kier alpha value is -3.31. The second kappa shape index (κ2) is 8.87. The largest absolute Gasteiger partial charge is 0.489 e. The van der Waals surface area contributed by atoms with Crippen LogP contribution in [0.15, 0.2) is 78.9 Å². The molecule has 3 rings (SSSR count). The molecule has 0 saturated heterocycles. The number of carbonyl (C=O) groups excluding carboxylic acids is 2. The number of benzene rings is 3. The zero-order valence-corrected chi connectivity index (χ0v) is 15.1. The van der Waals surface area contributed by atoms with Gasteiger partial charge in [-0.1, -0.05) is 48.0 Å². The van der Waals surface area contributed by atoms with Gasteiger partial charge in [0, 0.05) is 16.1 Å². The van der Waals surface area contributed by atoms with Gasteiger partial charge < -0.3 is 4.74 Å². The van der Waals surface area contributed by atoms with E-state index >= 15 is 0 Å². The molecule has 0 saturated carbocycles. The molecule has 0 aliphatic carbocycles. The van der Waals surface area contributed by atoms with Crippen molar-refractivity contribution in [3.05, 3.63) is 101 Å². The van der Waals surface area contributed by atoms with E-state index in [4.69, 9.17) is 16.3 Å². The summed E-state index contributed by atoms with van der Waals surface area (Å²) in [6, 6.07) is 22.9. The Morgan fingerprint density at radius 2 is 1.44 bits per heavy atom. The van der Waals surface area contributed by atoms with Crippen LogP contribution in [0.2, 0.25) is 5.02 Å². The van der Waals surface area contributed by atoms with Crippen LogP contribution < -0.4 is 15.6 Å². The molecule has 3 aromatic rings. The van der Waals surface area contributed by atoms with Gasteiger partial charge in [-0.25, -0.2) is 0 Å². The maximum absolute atomic E-state index is 12.1. The molecule has 6 heteroatoms. The highest BCUT2D eigenvalue weighted by Crippen LogP contribution is 2.14. The van der Waals surface area contributed by atoms with Crippen molar-refractivity contribution in [2.45, 2.75) is 6.61 Å². The van der Waals surface area contributed by atoms with E-state index in [0.29, 0.717) is 28.5 Å². The number of ether oxygens (including phenoxy) is 1. The second-order valence-corrected chi connectivity index (χ2v) is 6.15. The van der Waals surface area contributed by atoms with Gasteiger partial charge in [-0.05, 0) is 48.0 Å². The van der Waals surface area contributed by atoms with Gasteiger partial charge in [-0.15, -0.1) is 0 Å². The fourth-order valence-electron chi connectivity index (χ4n) is 2.33. The zero-order chi connectivity index (χ0) is 19.1. The van der Waals surface area contributed by atoms with Crippen molar-refractivity contribution in [3.63, 3.8) is 0 Å². The summed E-state index contributed by atoms with van der Waals surface area (Å²) in [5, 5.41) is 0.445. The van der Waals surface area contributed by atoms with Gasteiger partial charge >= 0.3 is 0 Å². The summed E-state index contributed by atoms with van der Waals surface area (Å²) in [4.78, 5) is 24.1. The van der Waals surface area contributed by atoms with Crippen LogP contribution in [0.1, 0.15) is 26.3 Å². The highest BCUT2D eigenvalue weighted by atomic mass is 35.5. The molecule has 0 atom stereocenters. The lowest BCUT2D eigenvalue weighted by molar-refractivity contribution is 0.0846. The van der Waals surface area contributed by atoms with E-state index in [9.17, 15) is 9.59 Å². The standard InChI is InChI=1S/C21H17ClN2O3/c22-18-8-4-7-17(13-18)21(26)24-23-20(25)16-9-11-19(12-10-16)27-14-15-5-2-1-3-6-15/h1-13H,14H2,(H,23,25)(H,24,26). The molecule has 0 bridgehead atoms. The third-order valence-corrected chi connectivity index (χ3v) is 3.98. The molecule has 27 heavy (non-hydrogen) atoms. The monoisotopic (exact) mass is 380 g/mol. The summed E-state index contributed by atoms with van der Waals surface area (Å²) < 4.78 is 5.68. The Kier molecular flexibility index (Phi) is 6.07. The molecule has 0 fully saturated rings. The number of hydrazine groups is 1. The molecule has 0 radical (unpaired) electrons. The molecule has 0 aromatic heterocycles. The lowest BCUT2D eigenvalue weighted by Crippen LogP contribution is -2.41. The Morgan fingerprint density at radius 3 is 2.11 bits per heavy atom. The highest BCUT2D eigenvalue weighted by Gasteiger charge is 2.09. The molecule has 0 heterocycles. The molecule has 0 aliphatic rings. The first-order chi connectivity index (χ1) is 13.1. The Morgan fingerprint density at radius 1 is 0.778 bits per heavy atom. The van der Waals surface area contributed by atoms with Crippen molar-refractivity contribution in [2.75, 3.05) is 0 Å². The lowest BCUT2D eigenvalue weighted by atomic mass is 10.2. The summed E-state index contributed by atoms with van der Waals surface area (Å²) >= 11 is 5.85. The first-order valence-electron chi connectivity index (χ1n) is 8.25. The first kappa shape index (κ1) is 18.5. The maximum Gasteiger partial charge on any atom is 0.269 e. The minimum atomic E-state index is -0.450. The van der Waals surface area contributed by atoms with E-state index in [2.05, 4.69) is 10.9 Å². The molecule has 5 nitrogen and oxygen atoms in total. The number of hydrogen-bond donors (Lipinski definition) is 2. The van der Waals surface area contributed by atoms with Crippen LogP contribution in [0, 0.1) is 0 Å². The molecule has 3 aromatic carbocycles. The fraction of sp³-hybridized carbons (Fsp3) is 0.0476. The molecule has 0 aliphatic heterocycles. The minimum absolute atomic E-state index is 0.354. The van der Waals surface area contributed by atoms with Crippen LogP contribution in [0.3, 0.4) is 0 Å². The maximum atomic E-state index is 12.1.